The summed E-state index contributed by atoms with van der Waals surface area (Å²) in [6.07, 6.45) is 0. The molecule has 0 fully saturated rings. The molecule has 0 aliphatic carbocycles. The predicted octanol–water partition coefficient (Wildman–Crippen LogP) is 33.1. The lowest BCUT2D eigenvalue weighted by atomic mass is 9.95. The zero-order chi connectivity index (χ0) is 90.4. The first kappa shape index (κ1) is 83.3. The Morgan fingerprint density at radius 1 is 0.197 bits per heavy atom. The molecule has 0 spiro atoms. The lowest BCUT2D eigenvalue weighted by Crippen LogP contribution is -2.37. The van der Waals surface area contributed by atoms with E-state index in [-0.39, 0.29) is 0 Å². The van der Waals surface area contributed by atoms with Gasteiger partial charge in [-0.15, -0.1) is 0 Å². The Balaban J connectivity index is 0.774. The molecular formula is C122H108N6Si4. The smallest absolute Gasteiger partial charge is 0.0775 e. The summed E-state index contributed by atoms with van der Waals surface area (Å²) in [5, 5.41) is 24.7. The molecule has 22 rings (SSSR count). The van der Waals surface area contributed by atoms with Crippen LogP contribution in [0.1, 0.15) is 11.1 Å². The van der Waals surface area contributed by atoms with E-state index in [0.717, 1.165) is 129 Å². The van der Waals surface area contributed by atoms with Gasteiger partial charge in [-0.2, -0.15) is 0 Å². The third-order valence-corrected chi connectivity index (χ3v) is 36.0. The maximum atomic E-state index is 2.59. The molecule has 0 N–H and O–H groups in total. The number of para-hydroxylation sites is 2. The van der Waals surface area contributed by atoms with E-state index >= 15 is 0 Å². The van der Waals surface area contributed by atoms with Crippen LogP contribution in [0.4, 0.5) is 68.2 Å². The van der Waals surface area contributed by atoms with Crippen LogP contribution in [0.15, 0.2) is 400 Å². The Bertz CT molecular complexity index is 8330. The van der Waals surface area contributed by atoms with Crippen LogP contribution in [0, 0.1) is 13.8 Å². The lowest BCUT2D eigenvalue weighted by Gasteiger charge is -2.31. The quantitative estimate of drug-likeness (QED) is 0.0753. The molecule has 0 saturated carbocycles. The third kappa shape index (κ3) is 14.4. The topological polar surface area (TPSA) is 22.8 Å². The van der Waals surface area contributed by atoms with Crippen LogP contribution in [0.25, 0.3) is 131 Å². The number of aromatic nitrogens is 2. The molecule has 642 valence electrons. The minimum absolute atomic E-state index is 1.05. The van der Waals surface area contributed by atoms with Gasteiger partial charge in [0.15, 0.2) is 0 Å². The van der Waals surface area contributed by atoms with Gasteiger partial charge in [0.05, 0.1) is 77.1 Å². The summed E-state index contributed by atoms with van der Waals surface area (Å²) >= 11 is 0. The number of benzene rings is 20. The number of rotatable bonds is 19. The van der Waals surface area contributed by atoms with Crippen molar-refractivity contribution in [3.05, 3.63) is 412 Å². The zero-order valence-corrected chi connectivity index (χ0v) is 81.8. The van der Waals surface area contributed by atoms with Gasteiger partial charge in [-0.05, 0) is 213 Å². The standard InChI is InChI=1S/C122H108N6Si4/c1-81-34-18-31-52-109(81)125(91-62-70-98(71-63-91)131(9,10)11)113-79-117-121(107-49-29-25-45-103(107)113)122-108-50-30-26-46-104(108)114(80-118(122)128(117)95-57-55-84-36-20-22-38-86(84)75-95)126(92-64-72-99(73-65-92)132(12,13)14)110-53-33-51-100(82(110)2)87-39-32-42-93(76-87)124(90-60-68-97(69-61-90)130(6,7)8)112-78-116-120(106-48-28-24-44-102(106)112)119-105-47-27-23-43-101(105)111(77-115(119)127(116)94-56-54-83-35-19-21-37-85(83)74-94)123(88-40-16-15-17-41-88)89-58-66-96(67-59-89)129(3,4)5/h15-80H,1-14H3. The molecule has 6 nitrogen and oxygen atoms in total. The first-order valence-corrected chi connectivity index (χ1v) is 60.6. The molecule has 2 aromatic heterocycles. The largest absolute Gasteiger partial charge is 0.310 e. The van der Waals surface area contributed by atoms with Crippen molar-refractivity contribution in [2.24, 2.45) is 0 Å². The number of fused-ring (bicyclic) bond motifs is 16. The van der Waals surface area contributed by atoms with Crippen LogP contribution in [0.2, 0.25) is 78.6 Å². The second-order valence-corrected chi connectivity index (χ2v) is 60.5. The Kier molecular flexibility index (Phi) is 20.4. The Morgan fingerprint density at radius 3 is 0.864 bits per heavy atom. The number of nitrogens with zero attached hydrogens (tertiary/aromatic N) is 6. The van der Waals surface area contributed by atoms with Crippen LogP contribution >= 0.6 is 0 Å². The van der Waals surface area contributed by atoms with Crippen molar-refractivity contribution in [3.63, 3.8) is 0 Å². The van der Waals surface area contributed by atoms with E-state index in [1.54, 1.807) is 0 Å². The number of aryl methyl sites for hydroxylation is 1. The van der Waals surface area contributed by atoms with Gasteiger partial charge in [0, 0.05) is 100.0 Å². The van der Waals surface area contributed by atoms with Gasteiger partial charge in [0.1, 0.15) is 0 Å². The Hall–Kier alpha value is -14.4. The molecule has 0 bridgehead atoms. The molecule has 0 atom stereocenters. The second kappa shape index (κ2) is 32.3. The number of hydrogen-bond donors (Lipinski definition) is 0. The average molecular weight is 1770 g/mol. The van der Waals surface area contributed by atoms with E-state index < -0.39 is 32.3 Å². The van der Waals surface area contributed by atoms with E-state index in [0.29, 0.717) is 0 Å². The fourth-order valence-electron chi connectivity index (χ4n) is 20.8. The maximum absolute atomic E-state index is 2.59. The van der Waals surface area contributed by atoms with Gasteiger partial charge < -0.3 is 28.7 Å². The van der Waals surface area contributed by atoms with Gasteiger partial charge in [-0.1, -0.05) is 366 Å². The molecule has 2 heterocycles. The molecule has 22 aromatic rings. The van der Waals surface area contributed by atoms with E-state index in [9.17, 15) is 0 Å². The first-order valence-electron chi connectivity index (χ1n) is 46.6. The molecule has 0 unspecified atom stereocenters. The summed E-state index contributed by atoms with van der Waals surface area (Å²) in [4.78, 5) is 10.2. The van der Waals surface area contributed by atoms with Gasteiger partial charge in [0.2, 0.25) is 0 Å². The van der Waals surface area contributed by atoms with Crippen molar-refractivity contribution in [2.45, 2.75) is 92.4 Å². The van der Waals surface area contributed by atoms with E-state index in [1.807, 2.05) is 0 Å². The average Bonchev–Trinajstić information content (AvgIpc) is 1.54. The first-order chi connectivity index (χ1) is 63.9. The minimum Gasteiger partial charge on any atom is -0.310 e. The highest BCUT2D eigenvalue weighted by molar-refractivity contribution is 6.90. The molecule has 0 amide bonds. The van der Waals surface area contributed by atoms with Gasteiger partial charge >= 0.3 is 0 Å². The SMILES string of the molecule is Cc1ccccc1N(c1ccc([Si](C)(C)C)cc1)c1cc2c(c3ccccc13)c1c3ccccc3c(N(c3ccc([Si](C)(C)C)cc3)c3cccc(-c4cccc(N(c5ccc([Si](C)(C)C)cc5)c5cc6c(c7ccccc57)c5c7ccccc7c(N(c7ccccc7)c7ccc([Si](C)(C)C)cc7)cc5n6-c5ccc6ccccc6c5)c4)c3C)cc1n2-c1ccc2ccccc2c1. The third-order valence-electron chi connectivity index (χ3n) is 27.7. The predicted molar refractivity (Wildman–Crippen MR) is 586 cm³/mol. The van der Waals surface area contributed by atoms with Crippen LogP contribution < -0.4 is 40.3 Å². The highest BCUT2D eigenvalue weighted by Crippen LogP contribution is 2.55. The van der Waals surface area contributed by atoms with Crippen LogP contribution in [-0.2, 0) is 0 Å². The fraction of sp³-hybridized carbons (Fsp3) is 0.115. The molecule has 0 aliphatic heterocycles. The molecule has 20 aromatic carbocycles. The molecule has 132 heavy (non-hydrogen) atoms. The molecule has 10 heteroatoms. The normalized spacial score (nSPS) is 12.3. The lowest BCUT2D eigenvalue weighted by molar-refractivity contribution is 1.18. The van der Waals surface area contributed by atoms with E-state index in [2.05, 4.69) is 522 Å². The fourth-order valence-corrected chi connectivity index (χ4v) is 25.5. The molecule has 0 saturated heterocycles. The van der Waals surface area contributed by atoms with Crippen molar-refractivity contribution in [1.82, 2.24) is 9.13 Å². The van der Waals surface area contributed by atoms with Crippen LogP contribution in [0.5, 0.6) is 0 Å². The Morgan fingerprint density at radius 2 is 0.485 bits per heavy atom. The summed E-state index contributed by atoms with van der Waals surface area (Å²) < 4.78 is 5.18. The van der Waals surface area contributed by atoms with Crippen molar-refractivity contribution < 1.29 is 0 Å². The summed E-state index contributed by atoms with van der Waals surface area (Å²) in [6.45, 7) is 33.9. The van der Waals surface area contributed by atoms with E-state index in [4.69, 9.17) is 0 Å². The van der Waals surface area contributed by atoms with Crippen LogP contribution in [-0.4, -0.2) is 41.4 Å². The monoisotopic (exact) mass is 1770 g/mol. The number of anilines is 12. The van der Waals surface area contributed by atoms with Gasteiger partial charge in [-0.25, -0.2) is 0 Å². The Labute approximate surface area is 778 Å². The maximum Gasteiger partial charge on any atom is 0.0775 e. The highest BCUT2D eigenvalue weighted by Gasteiger charge is 2.33. The van der Waals surface area contributed by atoms with Crippen molar-refractivity contribution in [3.8, 4) is 22.5 Å². The summed E-state index contributed by atoms with van der Waals surface area (Å²) in [5.41, 5.74) is 24.5. The summed E-state index contributed by atoms with van der Waals surface area (Å²) in [6, 6.07) is 153. The highest BCUT2D eigenvalue weighted by atomic mass is 28.3. The summed E-state index contributed by atoms with van der Waals surface area (Å²) in [5.74, 6) is 0. The van der Waals surface area contributed by atoms with E-state index in [1.165, 1.54) is 102 Å². The molecular weight excluding hydrogens is 1660 g/mol. The molecule has 0 aliphatic rings. The number of hydrogen-bond acceptors (Lipinski definition) is 4. The molecule has 0 radical (unpaired) electrons. The van der Waals surface area contributed by atoms with Crippen LogP contribution in [0.3, 0.4) is 0 Å². The second-order valence-electron chi connectivity index (χ2n) is 40.2. The zero-order valence-electron chi connectivity index (χ0n) is 77.8. The summed E-state index contributed by atoms with van der Waals surface area (Å²) in [7, 11) is -6.85. The van der Waals surface area contributed by atoms with Crippen molar-refractivity contribution in [1.29, 1.82) is 0 Å². The van der Waals surface area contributed by atoms with Crippen molar-refractivity contribution >= 4 is 230 Å². The van der Waals surface area contributed by atoms with Gasteiger partial charge in [-0.3, -0.25) is 0 Å². The van der Waals surface area contributed by atoms with Crippen molar-refractivity contribution in [2.75, 3.05) is 19.6 Å². The van der Waals surface area contributed by atoms with Gasteiger partial charge in [0.25, 0.3) is 0 Å². The minimum atomic E-state index is -1.78.